The molecular formula is C17H16N8O7. The van der Waals surface area contributed by atoms with E-state index in [0.29, 0.717) is 5.56 Å². The van der Waals surface area contributed by atoms with Crippen molar-refractivity contribution in [1.82, 2.24) is 30.6 Å². The first-order chi connectivity index (χ1) is 15.3. The summed E-state index contributed by atoms with van der Waals surface area (Å²) in [4.78, 5) is 47.9. The molecule has 32 heavy (non-hydrogen) atoms. The number of hydrogen-bond donors (Lipinski definition) is 2. The molecule has 15 nitrogen and oxygen atoms in total. The van der Waals surface area contributed by atoms with E-state index in [0.717, 1.165) is 0 Å². The van der Waals surface area contributed by atoms with E-state index in [1.165, 1.54) is 41.2 Å². The van der Waals surface area contributed by atoms with Gasteiger partial charge in [-0.25, -0.2) is 0 Å². The molecule has 0 saturated heterocycles. The van der Waals surface area contributed by atoms with Gasteiger partial charge in [0, 0.05) is 25.2 Å². The number of nitrogens with one attached hydrogen (secondary N) is 2. The summed E-state index contributed by atoms with van der Waals surface area (Å²) < 4.78 is 6.08. The van der Waals surface area contributed by atoms with Crippen molar-refractivity contribution in [3.8, 4) is 0 Å². The molecule has 0 bridgehead atoms. The molecule has 3 rings (SSSR count). The van der Waals surface area contributed by atoms with Crippen LogP contribution in [0, 0.1) is 20.2 Å². The molecular weight excluding hydrogens is 428 g/mol. The van der Waals surface area contributed by atoms with Crippen molar-refractivity contribution in [3.63, 3.8) is 0 Å². The predicted octanol–water partition coefficient (Wildman–Crippen LogP) is 0.219. The molecule has 3 aromatic rings. The normalized spacial score (nSPS) is 10.5. The second-order valence-electron chi connectivity index (χ2n) is 6.35. The van der Waals surface area contributed by atoms with Gasteiger partial charge in [-0.15, -0.1) is 0 Å². The Morgan fingerprint density at radius 3 is 2.41 bits per heavy atom. The van der Waals surface area contributed by atoms with Crippen molar-refractivity contribution >= 4 is 23.3 Å². The molecule has 1 aromatic carbocycles. The van der Waals surface area contributed by atoms with E-state index in [1.807, 2.05) is 0 Å². The Morgan fingerprint density at radius 1 is 1.03 bits per heavy atom. The highest BCUT2D eigenvalue weighted by molar-refractivity contribution is 5.89. The first-order valence-electron chi connectivity index (χ1n) is 9.10. The zero-order chi connectivity index (χ0) is 23.1. The van der Waals surface area contributed by atoms with Gasteiger partial charge in [-0.2, -0.15) is 9.67 Å². The van der Waals surface area contributed by atoms with Gasteiger partial charge < -0.3 is 25.3 Å². The van der Waals surface area contributed by atoms with E-state index >= 15 is 0 Å². The molecule has 166 valence electrons. The number of non-ortho nitro benzene ring substituents is 1. The molecule has 0 aliphatic heterocycles. The topological polar surface area (TPSA) is 201 Å². The number of carbonyl (C=O) groups is 2. The fourth-order valence-electron chi connectivity index (χ4n) is 2.53. The SMILES string of the molecule is O=C(Cc1ccc([N+](=O)[O-])cc1)NCCNC(=O)c1nc(Cn2ccc([N+](=O)[O-])n2)no1. The minimum absolute atomic E-state index is 0.0245. The lowest BCUT2D eigenvalue weighted by Gasteiger charge is -2.06. The average Bonchev–Trinajstić information content (AvgIpc) is 3.42. The van der Waals surface area contributed by atoms with E-state index in [2.05, 4.69) is 25.9 Å². The van der Waals surface area contributed by atoms with Crippen LogP contribution in [0.25, 0.3) is 0 Å². The Morgan fingerprint density at radius 2 is 1.75 bits per heavy atom. The van der Waals surface area contributed by atoms with Gasteiger partial charge in [0.15, 0.2) is 5.82 Å². The average molecular weight is 444 g/mol. The first kappa shape index (κ1) is 22.0. The molecule has 2 N–H and O–H groups in total. The Bertz CT molecular complexity index is 1140. The highest BCUT2D eigenvalue weighted by atomic mass is 16.6. The summed E-state index contributed by atoms with van der Waals surface area (Å²) in [6, 6.07) is 6.83. The minimum atomic E-state index is -0.653. The third-order valence-electron chi connectivity index (χ3n) is 4.02. The monoisotopic (exact) mass is 444 g/mol. The number of hydrogen-bond acceptors (Lipinski definition) is 10. The fraction of sp³-hybridized carbons (Fsp3) is 0.235. The van der Waals surface area contributed by atoms with E-state index in [9.17, 15) is 29.8 Å². The van der Waals surface area contributed by atoms with Gasteiger partial charge in [0.2, 0.25) is 5.91 Å². The summed E-state index contributed by atoms with van der Waals surface area (Å²) in [5.74, 6) is -1.51. The van der Waals surface area contributed by atoms with E-state index in [1.54, 1.807) is 0 Å². The second-order valence-corrected chi connectivity index (χ2v) is 6.35. The highest BCUT2D eigenvalue weighted by Crippen LogP contribution is 2.12. The second kappa shape index (κ2) is 9.88. The van der Waals surface area contributed by atoms with Crippen molar-refractivity contribution in [1.29, 1.82) is 0 Å². The first-order valence-corrected chi connectivity index (χ1v) is 9.10. The van der Waals surface area contributed by atoms with E-state index in [-0.39, 0.29) is 55.2 Å². The van der Waals surface area contributed by atoms with Crippen LogP contribution in [0.5, 0.6) is 0 Å². The Labute approximate surface area is 178 Å². The van der Waals surface area contributed by atoms with Gasteiger partial charge >= 0.3 is 17.6 Å². The van der Waals surface area contributed by atoms with Crippen molar-refractivity contribution in [2.75, 3.05) is 13.1 Å². The summed E-state index contributed by atoms with van der Waals surface area (Å²) in [6.07, 6.45) is 1.40. The van der Waals surface area contributed by atoms with Crippen molar-refractivity contribution in [2.45, 2.75) is 13.0 Å². The van der Waals surface area contributed by atoms with Crippen molar-refractivity contribution in [3.05, 3.63) is 74.0 Å². The van der Waals surface area contributed by atoms with Gasteiger partial charge in [-0.05, 0) is 10.5 Å². The lowest BCUT2D eigenvalue weighted by Crippen LogP contribution is -2.35. The number of rotatable bonds is 10. The van der Waals surface area contributed by atoms with Crippen molar-refractivity contribution in [2.24, 2.45) is 0 Å². The van der Waals surface area contributed by atoms with E-state index in [4.69, 9.17) is 4.52 Å². The standard InChI is InChI=1S/C17H16N8O7/c26-15(9-11-1-3-12(4-2-11)24(28)29)18-6-7-19-16(27)17-20-13(22-32-17)10-23-8-5-14(21-23)25(30)31/h1-5,8H,6-7,9-10H2,(H,18,26)(H,19,27). The van der Waals surface area contributed by atoms with Crippen LogP contribution in [0.4, 0.5) is 11.5 Å². The number of amides is 2. The summed E-state index contributed by atoms with van der Waals surface area (Å²) in [5, 5.41) is 33.7. The molecule has 0 unspecified atom stereocenters. The van der Waals surface area contributed by atoms with Gasteiger partial charge in [-0.1, -0.05) is 17.3 Å². The largest absolute Gasteiger partial charge is 0.389 e. The maximum atomic E-state index is 12.0. The minimum Gasteiger partial charge on any atom is -0.358 e. The van der Waals surface area contributed by atoms with Crippen LogP contribution in [0.2, 0.25) is 0 Å². The van der Waals surface area contributed by atoms with E-state index < -0.39 is 15.8 Å². The number of nitro groups is 2. The maximum Gasteiger partial charge on any atom is 0.389 e. The molecule has 0 spiro atoms. The van der Waals surface area contributed by atoms with Crippen LogP contribution >= 0.6 is 0 Å². The number of nitrogens with zero attached hydrogens (tertiary/aromatic N) is 6. The molecule has 0 aliphatic rings. The summed E-state index contributed by atoms with van der Waals surface area (Å²) in [7, 11) is 0. The number of nitro benzene ring substituents is 1. The van der Waals surface area contributed by atoms with Gasteiger partial charge in [0.25, 0.3) is 5.69 Å². The molecule has 2 heterocycles. The molecule has 15 heteroatoms. The molecule has 0 radical (unpaired) electrons. The van der Waals surface area contributed by atoms with Gasteiger partial charge in [0.1, 0.15) is 6.54 Å². The third-order valence-corrected chi connectivity index (χ3v) is 4.02. The third kappa shape index (κ3) is 5.91. The Kier molecular flexibility index (Phi) is 6.79. The summed E-state index contributed by atoms with van der Waals surface area (Å²) in [6.45, 7) is 0.201. The molecule has 0 atom stereocenters. The summed E-state index contributed by atoms with van der Waals surface area (Å²) >= 11 is 0. The smallest absolute Gasteiger partial charge is 0.358 e. The van der Waals surface area contributed by atoms with Crippen LogP contribution in [0.15, 0.2) is 41.1 Å². The lowest BCUT2D eigenvalue weighted by atomic mass is 10.1. The zero-order valence-electron chi connectivity index (χ0n) is 16.3. The number of benzene rings is 1. The van der Waals surface area contributed by atoms with Crippen molar-refractivity contribution < 1.29 is 24.0 Å². The number of carbonyl (C=O) groups excluding carboxylic acids is 2. The summed E-state index contributed by atoms with van der Waals surface area (Å²) in [5.41, 5.74) is 0.546. The van der Waals surface area contributed by atoms with Crippen LogP contribution in [-0.4, -0.2) is 54.7 Å². The molecule has 0 fully saturated rings. The molecule has 0 saturated carbocycles. The van der Waals surface area contributed by atoms with Crippen LogP contribution in [0.3, 0.4) is 0 Å². The van der Waals surface area contributed by atoms with Gasteiger partial charge in [-0.3, -0.25) is 19.7 Å². The fourth-order valence-corrected chi connectivity index (χ4v) is 2.53. The Balaban J connectivity index is 1.39. The Hall–Kier alpha value is -4.69. The van der Waals surface area contributed by atoms with Crippen LogP contribution < -0.4 is 10.6 Å². The zero-order valence-corrected chi connectivity index (χ0v) is 16.3. The van der Waals surface area contributed by atoms with Gasteiger partial charge in [0.05, 0.1) is 28.7 Å². The molecule has 0 aliphatic carbocycles. The van der Waals surface area contributed by atoms with Crippen LogP contribution in [0.1, 0.15) is 22.1 Å². The van der Waals surface area contributed by atoms with Crippen LogP contribution in [-0.2, 0) is 17.8 Å². The quantitative estimate of drug-likeness (QED) is 0.247. The molecule has 2 amide bonds. The highest BCUT2D eigenvalue weighted by Gasteiger charge is 2.17. The predicted molar refractivity (Wildman–Crippen MR) is 104 cm³/mol. The molecule has 2 aromatic heterocycles. The number of aromatic nitrogens is 4. The maximum absolute atomic E-state index is 12.0. The lowest BCUT2D eigenvalue weighted by molar-refractivity contribution is -0.389.